The van der Waals surface area contributed by atoms with Gasteiger partial charge in [-0.2, -0.15) is 5.26 Å². The van der Waals surface area contributed by atoms with Crippen molar-refractivity contribution in [2.75, 3.05) is 19.6 Å². The maximum absolute atomic E-state index is 9.97. The van der Waals surface area contributed by atoms with Gasteiger partial charge in [0.25, 0.3) is 0 Å². The summed E-state index contributed by atoms with van der Waals surface area (Å²) in [6.07, 6.45) is 1.77. The number of hydrogen-bond acceptors (Lipinski definition) is 3. The molecule has 1 aliphatic rings. The number of nitriles is 1. The number of nitrogens with zero attached hydrogens (tertiary/aromatic N) is 2. The molecule has 1 heterocycles. The Bertz CT molecular complexity index is 212. The van der Waals surface area contributed by atoms with Gasteiger partial charge in [0.2, 0.25) is 0 Å². The van der Waals surface area contributed by atoms with Crippen molar-refractivity contribution in [3.8, 4) is 6.07 Å². The van der Waals surface area contributed by atoms with Gasteiger partial charge in [-0.05, 0) is 18.8 Å². The molecule has 1 aliphatic heterocycles. The van der Waals surface area contributed by atoms with Crippen molar-refractivity contribution in [2.45, 2.75) is 38.7 Å². The lowest BCUT2D eigenvalue weighted by Gasteiger charge is -2.37. The van der Waals surface area contributed by atoms with Crippen molar-refractivity contribution in [1.82, 2.24) is 4.90 Å². The molecular formula is C11H20N2O. The first-order valence-electron chi connectivity index (χ1n) is 5.37. The Balaban J connectivity index is 2.34. The van der Waals surface area contributed by atoms with Crippen LogP contribution in [0.5, 0.6) is 0 Å². The predicted octanol–water partition coefficient (Wildman–Crippen LogP) is 1.38. The lowest BCUT2D eigenvalue weighted by atomic mass is 9.88. The van der Waals surface area contributed by atoms with Gasteiger partial charge >= 0.3 is 0 Å². The van der Waals surface area contributed by atoms with E-state index in [1.54, 1.807) is 0 Å². The van der Waals surface area contributed by atoms with E-state index in [1.807, 2.05) is 0 Å². The van der Waals surface area contributed by atoms with Gasteiger partial charge < -0.3 is 10.0 Å². The van der Waals surface area contributed by atoms with Crippen LogP contribution in [0.3, 0.4) is 0 Å². The molecule has 0 radical (unpaired) electrons. The second-order valence-electron chi connectivity index (χ2n) is 4.75. The quantitative estimate of drug-likeness (QED) is 0.742. The van der Waals surface area contributed by atoms with Crippen molar-refractivity contribution in [2.24, 2.45) is 5.92 Å². The Morgan fingerprint density at radius 1 is 1.43 bits per heavy atom. The highest BCUT2D eigenvalue weighted by Crippen LogP contribution is 2.25. The third-order valence-electron chi connectivity index (χ3n) is 2.82. The van der Waals surface area contributed by atoms with Crippen LogP contribution in [-0.4, -0.2) is 35.2 Å². The van der Waals surface area contributed by atoms with E-state index in [2.05, 4.69) is 24.8 Å². The highest BCUT2D eigenvalue weighted by Gasteiger charge is 2.31. The first kappa shape index (κ1) is 11.5. The highest BCUT2D eigenvalue weighted by molar-refractivity contribution is 4.93. The maximum atomic E-state index is 9.97. The van der Waals surface area contributed by atoms with E-state index in [0.29, 0.717) is 5.92 Å². The second kappa shape index (κ2) is 4.77. The zero-order chi connectivity index (χ0) is 10.6. The van der Waals surface area contributed by atoms with Crippen molar-refractivity contribution in [3.05, 3.63) is 0 Å². The Morgan fingerprint density at radius 2 is 2.00 bits per heavy atom. The van der Waals surface area contributed by atoms with Gasteiger partial charge in [-0.15, -0.1) is 0 Å². The van der Waals surface area contributed by atoms with E-state index in [1.165, 1.54) is 0 Å². The molecule has 0 saturated carbocycles. The summed E-state index contributed by atoms with van der Waals surface area (Å²) in [5.74, 6) is 0.678. The van der Waals surface area contributed by atoms with Crippen LogP contribution in [-0.2, 0) is 0 Å². The maximum Gasteiger partial charge on any atom is 0.0801 e. The van der Waals surface area contributed by atoms with Crippen LogP contribution in [0.25, 0.3) is 0 Å². The third kappa shape index (κ3) is 3.28. The standard InChI is InChI=1S/C11H20N2O/c1-10(2)9-13-7-4-11(14,3-6-12)5-8-13/h10,14H,3-5,7-9H2,1-2H3. The van der Waals surface area contributed by atoms with Crippen LogP contribution in [0.1, 0.15) is 33.1 Å². The van der Waals surface area contributed by atoms with Crippen molar-refractivity contribution in [1.29, 1.82) is 5.26 Å². The minimum absolute atomic E-state index is 0.280. The van der Waals surface area contributed by atoms with Crippen LogP contribution in [0.15, 0.2) is 0 Å². The van der Waals surface area contributed by atoms with E-state index >= 15 is 0 Å². The molecule has 0 bridgehead atoms. The minimum atomic E-state index is -0.706. The van der Waals surface area contributed by atoms with Gasteiger partial charge in [0, 0.05) is 19.6 Å². The van der Waals surface area contributed by atoms with E-state index in [-0.39, 0.29) is 6.42 Å². The number of aliphatic hydroxyl groups is 1. The van der Waals surface area contributed by atoms with Crippen molar-refractivity contribution < 1.29 is 5.11 Å². The van der Waals surface area contributed by atoms with Crippen molar-refractivity contribution in [3.63, 3.8) is 0 Å². The fourth-order valence-electron chi connectivity index (χ4n) is 1.99. The lowest BCUT2D eigenvalue weighted by molar-refractivity contribution is -0.0193. The van der Waals surface area contributed by atoms with Gasteiger partial charge in [-0.3, -0.25) is 0 Å². The SMILES string of the molecule is CC(C)CN1CCC(O)(CC#N)CC1. The van der Waals surface area contributed by atoms with Crippen LogP contribution < -0.4 is 0 Å². The molecular weight excluding hydrogens is 176 g/mol. The van der Waals surface area contributed by atoms with Crippen LogP contribution in [0.2, 0.25) is 0 Å². The summed E-state index contributed by atoms with van der Waals surface area (Å²) in [5, 5.41) is 18.5. The largest absolute Gasteiger partial charge is 0.389 e. The van der Waals surface area contributed by atoms with Crippen LogP contribution >= 0.6 is 0 Å². The molecule has 1 saturated heterocycles. The highest BCUT2D eigenvalue weighted by atomic mass is 16.3. The zero-order valence-electron chi connectivity index (χ0n) is 9.16. The molecule has 1 N–H and O–H groups in total. The molecule has 0 spiro atoms. The van der Waals surface area contributed by atoms with Gasteiger partial charge in [-0.1, -0.05) is 13.8 Å². The Morgan fingerprint density at radius 3 is 2.43 bits per heavy atom. The first-order chi connectivity index (χ1) is 6.56. The Hall–Kier alpha value is -0.590. The molecule has 0 unspecified atom stereocenters. The Kier molecular flexibility index (Phi) is 3.91. The molecule has 0 aliphatic carbocycles. The number of hydrogen-bond donors (Lipinski definition) is 1. The molecule has 14 heavy (non-hydrogen) atoms. The smallest absolute Gasteiger partial charge is 0.0801 e. The summed E-state index contributed by atoms with van der Waals surface area (Å²) >= 11 is 0. The number of rotatable bonds is 3. The average molecular weight is 196 g/mol. The van der Waals surface area contributed by atoms with E-state index in [4.69, 9.17) is 5.26 Å². The lowest BCUT2D eigenvalue weighted by Crippen LogP contribution is -2.45. The topological polar surface area (TPSA) is 47.3 Å². The summed E-state index contributed by atoms with van der Waals surface area (Å²) in [7, 11) is 0. The molecule has 0 aromatic carbocycles. The van der Waals surface area contributed by atoms with Gasteiger partial charge in [-0.25, -0.2) is 0 Å². The van der Waals surface area contributed by atoms with E-state index in [0.717, 1.165) is 32.5 Å². The predicted molar refractivity (Wildman–Crippen MR) is 55.7 cm³/mol. The fourth-order valence-corrected chi connectivity index (χ4v) is 1.99. The molecule has 80 valence electrons. The number of likely N-dealkylation sites (tertiary alicyclic amines) is 1. The second-order valence-corrected chi connectivity index (χ2v) is 4.75. The third-order valence-corrected chi connectivity index (χ3v) is 2.82. The average Bonchev–Trinajstić information content (AvgIpc) is 2.09. The molecule has 3 heteroatoms. The van der Waals surface area contributed by atoms with Gasteiger partial charge in [0.1, 0.15) is 0 Å². The molecule has 0 atom stereocenters. The van der Waals surface area contributed by atoms with Crippen LogP contribution in [0, 0.1) is 17.2 Å². The molecule has 0 aromatic heterocycles. The fraction of sp³-hybridized carbons (Fsp3) is 0.909. The summed E-state index contributed by atoms with van der Waals surface area (Å²) in [6, 6.07) is 2.07. The molecule has 1 rings (SSSR count). The summed E-state index contributed by atoms with van der Waals surface area (Å²) in [5.41, 5.74) is -0.706. The van der Waals surface area contributed by atoms with Gasteiger partial charge in [0.05, 0.1) is 18.1 Å². The number of piperidine rings is 1. The van der Waals surface area contributed by atoms with Gasteiger partial charge in [0.15, 0.2) is 0 Å². The summed E-state index contributed by atoms with van der Waals surface area (Å²) in [6.45, 7) is 7.36. The molecule has 0 amide bonds. The normalized spacial score (nSPS) is 22.2. The minimum Gasteiger partial charge on any atom is -0.389 e. The molecule has 0 aromatic rings. The van der Waals surface area contributed by atoms with Crippen LogP contribution in [0.4, 0.5) is 0 Å². The Labute approximate surface area is 86.3 Å². The zero-order valence-corrected chi connectivity index (χ0v) is 9.16. The summed E-state index contributed by atoms with van der Waals surface area (Å²) in [4.78, 5) is 2.37. The first-order valence-corrected chi connectivity index (χ1v) is 5.37. The monoisotopic (exact) mass is 196 g/mol. The molecule has 3 nitrogen and oxygen atoms in total. The van der Waals surface area contributed by atoms with E-state index in [9.17, 15) is 5.11 Å². The summed E-state index contributed by atoms with van der Waals surface area (Å²) < 4.78 is 0. The molecule has 1 fully saturated rings. The van der Waals surface area contributed by atoms with Crippen molar-refractivity contribution >= 4 is 0 Å². The van der Waals surface area contributed by atoms with E-state index < -0.39 is 5.60 Å².